The number of esters is 3. The molecule has 0 radical (unpaired) electrons. The number of ether oxygens (including phenoxy) is 3. The molecule has 0 aromatic rings. The van der Waals surface area contributed by atoms with Crippen LogP contribution in [0.4, 0.5) is 0 Å². The van der Waals surface area contributed by atoms with E-state index >= 15 is 0 Å². The number of unbranched alkanes of at least 4 members (excludes halogenated alkanes) is 28. The molecule has 0 rings (SSSR count). The second kappa shape index (κ2) is 40.6. The van der Waals surface area contributed by atoms with E-state index < -0.39 is 6.10 Å². The maximum absolute atomic E-state index is 12.7. The highest BCUT2D eigenvalue weighted by molar-refractivity contribution is 5.71. The van der Waals surface area contributed by atoms with Gasteiger partial charge >= 0.3 is 17.9 Å². The van der Waals surface area contributed by atoms with E-state index in [1.165, 1.54) is 148 Å². The average Bonchev–Trinajstić information content (AvgIpc) is 3.12. The summed E-state index contributed by atoms with van der Waals surface area (Å²) in [7, 11) is 0. The van der Waals surface area contributed by atoms with Crippen LogP contribution < -0.4 is 0 Å². The molecule has 0 spiro atoms. The number of carbonyl (C=O) groups excluding carboxylic acids is 3. The quantitative estimate of drug-likeness (QED) is 0.0353. The topological polar surface area (TPSA) is 78.9 Å². The number of carbonyl (C=O) groups is 3. The maximum atomic E-state index is 12.7. The van der Waals surface area contributed by atoms with E-state index in [4.69, 9.17) is 14.2 Å². The summed E-state index contributed by atoms with van der Waals surface area (Å²) in [6.45, 7) is 8.97. The zero-order chi connectivity index (χ0) is 38.2. The average molecular weight is 737 g/mol. The molecule has 0 bridgehead atoms. The molecule has 0 saturated carbocycles. The fourth-order valence-corrected chi connectivity index (χ4v) is 6.80. The van der Waals surface area contributed by atoms with Gasteiger partial charge in [-0.2, -0.15) is 0 Å². The molecule has 0 aromatic carbocycles. The molecule has 0 saturated heterocycles. The molecule has 1 atom stereocenters. The Labute approximate surface area is 323 Å². The largest absolute Gasteiger partial charge is 0.462 e. The molecule has 0 aliphatic carbocycles. The molecule has 0 N–H and O–H groups in total. The van der Waals surface area contributed by atoms with Crippen molar-refractivity contribution in [3.8, 4) is 0 Å². The SMILES string of the molecule is CCCCCCCCCCCCC(=O)OC[C@H](COC(=O)CCCCCCCCCCC)OC(=O)CCCCCCCCCCCCCCC(C)C. The molecule has 0 amide bonds. The minimum Gasteiger partial charge on any atom is -0.462 e. The van der Waals surface area contributed by atoms with Gasteiger partial charge in [0, 0.05) is 19.3 Å². The van der Waals surface area contributed by atoms with E-state index in [1.807, 2.05) is 0 Å². The van der Waals surface area contributed by atoms with Gasteiger partial charge < -0.3 is 14.2 Å². The lowest BCUT2D eigenvalue weighted by atomic mass is 10.0. The lowest BCUT2D eigenvalue weighted by Gasteiger charge is -2.18. The van der Waals surface area contributed by atoms with E-state index in [2.05, 4.69) is 27.7 Å². The van der Waals surface area contributed by atoms with Crippen LogP contribution in [0, 0.1) is 5.92 Å². The first kappa shape index (κ1) is 50.4. The lowest BCUT2D eigenvalue weighted by Crippen LogP contribution is -2.30. The Morgan fingerprint density at radius 3 is 0.942 bits per heavy atom. The fraction of sp³-hybridized carbons (Fsp3) is 0.935. The van der Waals surface area contributed by atoms with Crippen LogP contribution in [0.3, 0.4) is 0 Å². The Kier molecular flexibility index (Phi) is 39.4. The highest BCUT2D eigenvalue weighted by Gasteiger charge is 2.19. The summed E-state index contributed by atoms with van der Waals surface area (Å²) < 4.78 is 16.7. The van der Waals surface area contributed by atoms with Crippen LogP contribution in [0.25, 0.3) is 0 Å². The van der Waals surface area contributed by atoms with Crippen LogP contribution in [0.2, 0.25) is 0 Å². The first-order valence-electron chi connectivity index (χ1n) is 22.9. The molecule has 52 heavy (non-hydrogen) atoms. The minimum atomic E-state index is -0.758. The predicted octanol–water partition coefficient (Wildman–Crippen LogP) is 14.3. The van der Waals surface area contributed by atoms with Crippen molar-refractivity contribution in [1.82, 2.24) is 0 Å². The molecular weight excluding hydrogens is 648 g/mol. The molecular formula is C46H88O6. The van der Waals surface area contributed by atoms with Crippen molar-refractivity contribution >= 4 is 17.9 Å². The Bertz CT molecular complexity index is 781. The highest BCUT2D eigenvalue weighted by atomic mass is 16.6. The molecule has 6 heteroatoms. The van der Waals surface area contributed by atoms with E-state index in [0.717, 1.165) is 63.7 Å². The number of hydrogen-bond acceptors (Lipinski definition) is 6. The van der Waals surface area contributed by atoms with Gasteiger partial charge in [-0.1, -0.05) is 214 Å². The second-order valence-electron chi connectivity index (χ2n) is 16.2. The van der Waals surface area contributed by atoms with Crippen molar-refractivity contribution in [3.05, 3.63) is 0 Å². The molecule has 308 valence electrons. The molecule has 0 aliphatic rings. The summed E-state index contributed by atoms with van der Waals surface area (Å²) in [6.07, 6.45) is 39.4. The van der Waals surface area contributed by atoms with Gasteiger partial charge in [0.25, 0.3) is 0 Å². The van der Waals surface area contributed by atoms with Gasteiger partial charge in [-0.15, -0.1) is 0 Å². The Morgan fingerprint density at radius 1 is 0.365 bits per heavy atom. The first-order chi connectivity index (χ1) is 25.4. The zero-order valence-electron chi connectivity index (χ0n) is 35.3. The summed E-state index contributed by atoms with van der Waals surface area (Å²) >= 11 is 0. The van der Waals surface area contributed by atoms with Crippen LogP contribution >= 0.6 is 0 Å². The normalized spacial score (nSPS) is 11.9. The molecule has 0 fully saturated rings. The predicted molar refractivity (Wildman–Crippen MR) is 220 cm³/mol. The molecule has 0 heterocycles. The molecule has 0 aliphatic heterocycles. The summed E-state index contributed by atoms with van der Waals surface area (Å²) in [6, 6.07) is 0. The zero-order valence-corrected chi connectivity index (χ0v) is 35.3. The maximum Gasteiger partial charge on any atom is 0.306 e. The summed E-state index contributed by atoms with van der Waals surface area (Å²) in [4.78, 5) is 37.6. The van der Waals surface area contributed by atoms with Crippen LogP contribution in [-0.2, 0) is 28.6 Å². The van der Waals surface area contributed by atoms with Gasteiger partial charge in [0.05, 0.1) is 0 Å². The highest BCUT2D eigenvalue weighted by Crippen LogP contribution is 2.16. The monoisotopic (exact) mass is 737 g/mol. The standard InChI is InChI=1S/C46H88O6/c1-5-7-9-11-13-15-22-26-30-34-38-45(48)51-41-43(40-50-44(47)37-33-29-25-20-14-12-10-8-6-2)52-46(49)39-35-31-27-23-19-17-16-18-21-24-28-32-36-42(3)4/h42-43H,5-41H2,1-4H3/t43-/m0/s1. The third kappa shape index (κ3) is 39.6. The van der Waals surface area contributed by atoms with Crippen molar-refractivity contribution in [3.63, 3.8) is 0 Å². The van der Waals surface area contributed by atoms with Crippen molar-refractivity contribution in [1.29, 1.82) is 0 Å². The van der Waals surface area contributed by atoms with Crippen molar-refractivity contribution in [2.24, 2.45) is 5.92 Å². The minimum absolute atomic E-state index is 0.0639. The number of hydrogen-bond donors (Lipinski definition) is 0. The van der Waals surface area contributed by atoms with Crippen LogP contribution in [0.15, 0.2) is 0 Å². The smallest absolute Gasteiger partial charge is 0.306 e. The Morgan fingerprint density at radius 2 is 0.635 bits per heavy atom. The van der Waals surface area contributed by atoms with Crippen LogP contribution in [0.1, 0.15) is 252 Å². The van der Waals surface area contributed by atoms with E-state index in [-0.39, 0.29) is 31.1 Å². The van der Waals surface area contributed by atoms with E-state index in [9.17, 15) is 14.4 Å². The Balaban J connectivity index is 4.30. The van der Waals surface area contributed by atoms with Crippen molar-refractivity contribution < 1.29 is 28.6 Å². The van der Waals surface area contributed by atoms with Gasteiger partial charge in [0.1, 0.15) is 13.2 Å². The van der Waals surface area contributed by atoms with Crippen molar-refractivity contribution in [2.45, 2.75) is 259 Å². The van der Waals surface area contributed by atoms with Gasteiger partial charge in [0.2, 0.25) is 0 Å². The number of rotatable bonds is 41. The Hall–Kier alpha value is -1.59. The lowest BCUT2D eigenvalue weighted by molar-refractivity contribution is -0.167. The molecule has 0 aromatic heterocycles. The first-order valence-corrected chi connectivity index (χ1v) is 22.9. The van der Waals surface area contributed by atoms with E-state index in [0.29, 0.717) is 19.3 Å². The van der Waals surface area contributed by atoms with E-state index in [1.54, 1.807) is 0 Å². The summed E-state index contributed by atoms with van der Waals surface area (Å²) in [5.74, 6) is -0.0249. The third-order valence-corrected chi connectivity index (χ3v) is 10.3. The van der Waals surface area contributed by atoms with Crippen molar-refractivity contribution in [2.75, 3.05) is 13.2 Å². The molecule has 6 nitrogen and oxygen atoms in total. The summed E-state index contributed by atoms with van der Waals surface area (Å²) in [5, 5.41) is 0. The summed E-state index contributed by atoms with van der Waals surface area (Å²) in [5.41, 5.74) is 0. The third-order valence-electron chi connectivity index (χ3n) is 10.3. The van der Waals surface area contributed by atoms with Gasteiger partial charge in [0.15, 0.2) is 6.10 Å². The second-order valence-corrected chi connectivity index (χ2v) is 16.2. The molecule has 0 unspecified atom stereocenters. The van der Waals surface area contributed by atoms with Gasteiger partial charge in [-0.3, -0.25) is 14.4 Å². The van der Waals surface area contributed by atoms with Gasteiger partial charge in [-0.25, -0.2) is 0 Å². The van der Waals surface area contributed by atoms with Crippen LogP contribution in [-0.4, -0.2) is 37.2 Å². The fourth-order valence-electron chi connectivity index (χ4n) is 6.80. The van der Waals surface area contributed by atoms with Gasteiger partial charge in [-0.05, 0) is 25.2 Å². The van der Waals surface area contributed by atoms with Crippen LogP contribution in [0.5, 0.6) is 0 Å².